The molecule has 4 aromatic rings. The van der Waals surface area contributed by atoms with Gasteiger partial charge >= 0.3 is 0 Å². The van der Waals surface area contributed by atoms with Crippen LogP contribution >= 0.6 is 23.1 Å². The maximum absolute atomic E-state index is 13.0. The monoisotopic (exact) mass is 439 g/mol. The summed E-state index contributed by atoms with van der Waals surface area (Å²) in [6.07, 6.45) is 1.84. The van der Waals surface area contributed by atoms with E-state index in [-0.39, 0.29) is 11.7 Å². The molecule has 9 heteroatoms. The maximum atomic E-state index is 13.0. The minimum atomic E-state index is -0.307. The first-order valence-electron chi connectivity index (χ1n) is 9.18. The maximum Gasteiger partial charge on any atom is 0.282 e. The molecule has 0 atom stereocenters. The quantitative estimate of drug-likeness (QED) is 0.325. The molecular formula is C21H18FN5OS2. The largest absolute Gasteiger partial charge is 0.346 e. The normalized spacial score (nSPS) is 11.0. The number of fused-ring (bicyclic) bond motifs is 1. The van der Waals surface area contributed by atoms with Crippen molar-refractivity contribution in [1.29, 1.82) is 0 Å². The second kappa shape index (κ2) is 9.19. The van der Waals surface area contributed by atoms with Crippen molar-refractivity contribution in [3.05, 3.63) is 82.6 Å². The van der Waals surface area contributed by atoms with Crippen molar-refractivity contribution in [2.45, 2.75) is 24.0 Å². The highest BCUT2D eigenvalue weighted by molar-refractivity contribution is 7.98. The number of hydrogen-bond acceptors (Lipinski definition) is 6. The van der Waals surface area contributed by atoms with Gasteiger partial charge in [0.15, 0.2) is 5.16 Å². The van der Waals surface area contributed by atoms with Crippen molar-refractivity contribution in [3.8, 4) is 0 Å². The summed E-state index contributed by atoms with van der Waals surface area (Å²) < 4.78 is 15.1. The minimum absolute atomic E-state index is 0.298. The standard InChI is InChI=1S/C21H18FN5OS2/c1-2-11-27-17-6-4-3-5-16(17)24-21(27)29-13-18-25-26-20(30-18)19(28)23-12-14-7-9-15(22)10-8-14/h2-10H,1,11-13H2,(H,23,28). The molecule has 0 aliphatic carbocycles. The Balaban J connectivity index is 1.39. The van der Waals surface area contributed by atoms with E-state index >= 15 is 0 Å². The summed E-state index contributed by atoms with van der Waals surface area (Å²) >= 11 is 2.80. The Kier molecular flexibility index (Phi) is 6.20. The first-order valence-corrected chi connectivity index (χ1v) is 11.0. The number of carbonyl (C=O) groups excluding carboxylic acids is 1. The van der Waals surface area contributed by atoms with Gasteiger partial charge in [0.05, 0.1) is 16.8 Å². The number of amides is 1. The SMILES string of the molecule is C=CCn1c(SCc2nnc(C(=O)NCc3ccc(F)cc3)s2)nc2ccccc21. The van der Waals surface area contributed by atoms with E-state index in [1.165, 1.54) is 23.5 Å². The van der Waals surface area contributed by atoms with Crippen LogP contribution in [0.4, 0.5) is 4.39 Å². The minimum Gasteiger partial charge on any atom is -0.346 e. The highest BCUT2D eigenvalue weighted by atomic mass is 32.2. The average molecular weight is 440 g/mol. The number of aromatic nitrogens is 4. The molecule has 0 unspecified atom stereocenters. The molecular weight excluding hydrogens is 421 g/mol. The van der Waals surface area contributed by atoms with Gasteiger partial charge in [-0.25, -0.2) is 9.37 Å². The van der Waals surface area contributed by atoms with Crippen LogP contribution in [-0.2, 0) is 18.8 Å². The molecule has 0 fully saturated rings. The first kappa shape index (κ1) is 20.2. The summed E-state index contributed by atoms with van der Waals surface area (Å²) in [5.74, 6) is -0.0476. The number of hydrogen-bond donors (Lipinski definition) is 1. The Bertz CT molecular complexity index is 1190. The number of nitrogens with zero attached hydrogens (tertiary/aromatic N) is 4. The van der Waals surface area contributed by atoms with Gasteiger partial charge in [-0.3, -0.25) is 4.79 Å². The predicted octanol–water partition coefficient (Wildman–Crippen LogP) is 4.44. The number of allylic oxidation sites excluding steroid dienone is 1. The lowest BCUT2D eigenvalue weighted by Crippen LogP contribution is -2.22. The molecule has 1 amide bonds. The van der Waals surface area contributed by atoms with Crippen LogP contribution in [0.3, 0.4) is 0 Å². The molecule has 0 bridgehead atoms. The average Bonchev–Trinajstić information content (AvgIpc) is 3.37. The number of benzene rings is 2. The molecule has 4 rings (SSSR count). The fourth-order valence-electron chi connectivity index (χ4n) is 2.86. The van der Waals surface area contributed by atoms with Crippen LogP contribution < -0.4 is 5.32 Å². The van der Waals surface area contributed by atoms with Gasteiger partial charge in [0.25, 0.3) is 5.91 Å². The number of imidazole rings is 1. The van der Waals surface area contributed by atoms with Gasteiger partial charge in [-0.15, -0.1) is 16.8 Å². The van der Waals surface area contributed by atoms with E-state index < -0.39 is 0 Å². The topological polar surface area (TPSA) is 72.7 Å². The number of para-hydroxylation sites is 2. The summed E-state index contributed by atoms with van der Waals surface area (Å²) in [5, 5.41) is 12.8. The van der Waals surface area contributed by atoms with Crippen molar-refractivity contribution < 1.29 is 9.18 Å². The molecule has 0 saturated carbocycles. The zero-order valence-electron chi connectivity index (χ0n) is 15.9. The van der Waals surface area contributed by atoms with E-state index in [0.717, 1.165) is 26.8 Å². The van der Waals surface area contributed by atoms with Gasteiger partial charge < -0.3 is 9.88 Å². The van der Waals surface area contributed by atoms with Crippen molar-refractivity contribution in [2.24, 2.45) is 0 Å². The molecule has 2 aromatic carbocycles. The molecule has 0 spiro atoms. The first-order chi connectivity index (χ1) is 14.6. The Hall–Kier alpha value is -3.04. The van der Waals surface area contributed by atoms with Gasteiger partial charge in [0, 0.05) is 13.1 Å². The molecule has 0 saturated heterocycles. The van der Waals surface area contributed by atoms with Crippen molar-refractivity contribution in [1.82, 2.24) is 25.1 Å². The molecule has 1 N–H and O–H groups in total. The van der Waals surface area contributed by atoms with Crippen LogP contribution in [0.25, 0.3) is 11.0 Å². The fraction of sp³-hybridized carbons (Fsp3) is 0.143. The second-order valence-electron chi connectivity index (χ2n) is 6.38. The third kappa shape index (κ3) is 4.58. The zero-order valence-corrected chi connectivity index (χ0v) is 17.5. The van der Waals surface area contributed by atoms with E-state index in [1.54, 1.807) is 23.9 Å². The number of rotatable bonds is 8. The van der Waals surface area contributed by atoms with Gasteiger partial charge in [0.2, 0.25) is 5.01 Å². The van der Waals surface area contributed by atoms with E-state index in [9.17, 15) is 9.18 Å². The molecule has 30 heavy (non-hydrogen) atoms. The van der Waals surface area contributed by atoms with Crippen LogP contribution in [-0.4, -0.2) is 25.7 Å². The van der Waals surface area contributed by atoms with Crippen LogP contribution in [0, 0.1) is 5.82 Å². The van der Waals surface area contributed by atoms with E-state index in [4.69, 9.17) is 0 Å². The lowest BCUT2D eigenvalue weighted by Gasteiger charge is -2.04. The van der Waals surface area contributed by atoms with Gasteiger partial charge in [-0.05, 0) is 29.8 Å². The molecule has 6 nitrogen and oxygen atoms in total. The number of thioether (sulfide) groups is 1. The molecule has 2 heterocycles. The van der Waals surface area contributed by atoms with Crippen molar-refractivity contribution in [3.63, 3.8) is 0 Å². The van der Waals surface area contributed by atoms with Gasteiger partial charge in [-0.1, -0.05) is 53.4 Å². The smallest absolute Gasteiger partial charge is 0.282 e. The van der Waals surface area contributed by atoms with Gasteiger partial charge in [-0.2, -0.15) is 0 Å². The number of carbonyl (C=O) groups is 1. The number of nitrogens with one attached hydrogen (secondary N) is 1. The highest BCUT2D eigenvalue weighted by Gasteiger charge is 2.15. The van der Waals surface area contributed by atoms with Crippen molar-refractivity contribution in [2.75, 3.05) is 0 Å². The fourth-order valence-corrected chi connectivity index (χ4v) is 4.63. The summed E-state index contributed by atoms with van der Waals surface area (Å²) in [6.45, 7) is 4.79. The highest BCUT2D eigenvalue weighted by Crippen LogP contribution is 2.27. The van der Waals surface area contributed by atoms with Gasteiger partial charge in [0.1, 0.15) is 10.8 Å². The third-order valence-electron chi connectivity index (χ3n) is 4.28. The molecule has 152 valence electrons. The third-order valence-corrected chi connectivity index (χ3v) is 6.38. The van der Waals surface area contributed by atoms with E-state index in [2.05, 4.69) is 31.6 Å². The Morgan fingerprint density at radius 3 is 2.80 bits per heavy atom. The molecule has 2 aromatic heterocycles. The Morgan fingerprint density at radius 1 is 1.20 bits per heavy atom. The lowest BCUT2D eigenvalue weighted by molar-refractivity contribution is 0.0950. The predicted molar refractivity (Wildman–Crippen MR) is 117 cm³/mol. The van der Waals surface area contributed by atoms with E-state index in [0.29, 0.717) is 23.8 Å². The van der Waals surface area contributed by atoms with Crippen LogP contribution in [0.1, 0.15) is 20.4 Å². The summed E-state index contributed by atoms with van der Waals surface area (Å²) in [7, 11) is 0. The van der Waals surface area contributed by atoms with Crippen LogP contribution in [0.5, 0.6) is 0 Å². The summed E-state index contributed by atoms with van der Waals surface area (Å²) in [5.41, 5.74) is 2.80. The number of halogens is 1. The zero-order chi connectivity index (χ0) is 20.9. The van der Waals surface area contributed by atoms with E-state index in [1.807, 2.05) is 30.3 Å². The summed E-state index contributed by atoms with van der Waals surface area (Å²) in [4.78, 5) is 17.0. The van der Waals surface area contributed by atoms with Crippen molar-refractivity contribution >= 4 is 40.0 Å². The Morgan fingerprint density at radius 2 is 2.00 bits per heavy atom. The Labute approximate surface area is 180 Å². The van der Waals surface area contributed by atoms with Crippen LogP contribution in [0.2, 0.25) is 0 Å². The summed E-state index contributed by atoms with van der Waals surface area (Å²) in [6, 6.07) is 13.9. The molecule has 0 aliphatic rings. The molecule has 0 aliphatic heterocycles. The van der Waals surface area contributed by atoms with Crippen LogP contribution in [0.15, 0.2) is 66.3 Å². The molecule has 0 radical (unpaired) electrons. The lowest BCUT2D eigenvalue weighted by atomic mass is 10.2. The second-order valence-corrected chi connectivity index (χ2v) is 8.39.